The van der Waals surface area contributed by atoms with E-state index in [9.17, 15) is 9.18 Å². The number of pyridine rings is 1. The quantitative estimate of drug-likeness (QED) is 0.726. The summed E-state index contributed by atoms with van der Waals surface area (Å²) in [5, 5.41) is 4.14. The number of anilines is 2. The summed E-state index contributed by atoms with van der Waals surface area (Å²) >= 11 is 0. The predicted molar refractivity (Wildman–Crippen MR) is 109 cm³/mol. The van der Waals surface area contributed by atoms with Crippen molar-refractivity contribution < 1.29 is 9.18 Å². The van der Waals surface area contributed by atoms with E-state index in [0.717, 1.165) is 30.0 Å². The number of H-pyrrole nitrogens is 1. The normalized spacial score (nSPS) is 14.7. The summed E-state index contributed by atoms with van der Waals surface area (Å²) in [5.74, 6) is -0.353. The number of aromatic amines is 1. The number of carbonyl (C=O) groups is 1. The fraction of sp³-hybridized carbons (Fsp3) is 0.333. The molecule has 1 amide bonds. The van der Waals surface area contributed by atoms with Crippen LogP contribution in [0.25, 0.3) is 10.9 Å². The first-order valence-electron chi connectivity index (χ1n) is 9.54. The Morgan fingerprint density at radius 2 is 1.96 bits per heavy atom. The van der Waals surface area contributed by atoms with E-state index in [1.807, 2.05) is 17.2 Å². The minimum Gasteiger partial charge on any atom is -0.380 e. The fourth-order valence-corrected chi connectivity index (χ4v) is 3.62. The minimum absolute atomic E-state index is 0.0495. The lowest BCUT2D eigenvalue weighted by atomic mass is 10.2. The van der Waals surface area contributed by atoms with Crippen molar-refractivity contribution in [1.29, 1.82) is 0 Å². The highest BCUT2D eigenvalue weighted by Gasteiger charge is 2.24. The molecule has 3 aromatic rings. The largest absolute Gasteiger partial charge is 0.380 e. The summed E-state index contributed by atoms with van der Waals surface area (Å²) in [6.07, 6.45) is 3.64. The zero-order chi connectivity index (χ0) is 19.7. The second-order valence-corrected chi connectivity index (χ2v) is 7.39. The summed E-state index contributed by atoms with van der Waals surface area (Å²) in [5.41, 5.74) is 3.39. The van der Waals surface area contributed by atoms with Crippen LogP contribution in [0.15, 0.2) is 42.7 Å². The van der Waals surface area contributed by atoms with Crippen LogP contribution >= 0.6 is 0 Å². The van der Waals surface area contributed by atoms with Crippen molar-refractivity contribution in [2.75, 3.05) is 36.4 Å². The highest BCUT2D eigenvalue weighted by atomic mass is 19.1. The lowest BCUT2D eigenvalue weighted by molar-refractivity contribution is 0.0742. The van der Waals surface area contributed by atoms with E-state index in [0.29, 0.717) is 30.2 Å². The molecule has 1 saturated heterocycles. The van der Waals surface area contributed by atoms with Crippen LogP contribution < -0.4 is 10.2 Å². The van der Waals surface area contributed by atoms with Crippen LogP contribution in [0.1, 0.15) is 24.3 Å². The molecule has 0 unspecified atom stereocenters. The van der Waals surface area contributed by atoms with Crippen LogP contribution in [0, 0.1) is 5.82 Å². The van der Waals surface area contributed by atoms with Gasteiger partial charge in [0.05, 0.1) is 17.6 Å². The van der Waals surface area contributed by atoms with Gasteiger partial charge in [0.2, 0.25) is 0 Å². The van der Waals surface area contributed by atoms with Gasteiger partial charge in [0, 0.05) is 49.3 Å². The molecule has 7 heteroatoms. The molecular weight excluding hydrogens is 357 g/mol. The second-order valence-electron chi connectivity index (χ2n) is 7.39. The van der Waals surface area contributed by atoms with Gasteiger partial charge in [-0.15, -0.1) is 0 Å². The molecule has 1 aliphatic heterocycles. The van der Waals surface area contributed by atoms with E-state index in [-0.39, 0.29) is 11.7 Å². The molecule has 6 nitrogen and oxygen atoms in total. The predicted octanol–water partition coefficient (Wildman–Crippen LogP) is 3.48. The summed E-state index contributed by atoms with van der Waals surface area (Å²) in [4.78, 5) is 24.3. The third kappa shape index (κ3) is 3.65. The number of halogens is 1. The van der Waals surface area contributed by atoms with Gasteiger partial charge in [0.15, 0.2) is 0 Å². The van der Waals surface area contributed by atoms with Crippen molar-refractivity contribution in [3.63, 3.8) is 0 Å². The average Bonchev–Trinajstić information content (AvgIpc) is 3.11. The number of nitrogens with zero attached hydrogens (tertiary/aromatic N) is 3. The lowest BCUT2D eigenvalue weighted by Crippen LogP contribution is -2.49. The standard InChI is InChI=1S/C21H24FN5O/c1-14(2)24-19-13-23-6-5-20(19)26-7-9-27(10-8-26)21(28)18-12-15-11-16(22)3-4-17(15)25-18/h3-6,11-14,24-25H,7-10H2,1-2H3. The van der Waals surface area contributed by atoms with Gasteiger partial charge >= 0.3 is 0 Å². The number of benzene rings is 1. The minimum atomic E-state index is -0.303. The van der Waals surface area contributed by atoms with Crippen LogP contribution in [0.5, 0.6) is 0 Å². The number of amides is 1. The maximum Gasteiger partial charge on any atom is 0.270 e. The van der Waals surface area contributed by atoms with Gasteiger partial charge in [0.1, 0.15) is 11.5 Å². The maximum atomic E-state index is 13.4. The Morgan fingerprint density at radius 1 is 1.18 bits per heavy atom. The van der Waals surface area contributed by atoms with Crippen molar-refractivity contribution in [3.05, 3.63) is 54.2 Å². The molecule has 1 aliphatic rings. The van der Waals surface area contributed by atoms with E-state index in [2.05, 4.69) is 34.0 Å². The van der Waals surface area contributed by atoms with Gasteiger partial charge < -0.3 is 20.1 Å². The first-order valence-corrected chi connectivity index (χ1v) is 9.54. The van der Waals surface area contributed by atoms with Gasteiger partial charge in [-0.05, 0) is 44.2 Å². The Labute approximate surface area is 163 Å². The van der Waals surface area contributed by atoms with Gasteiger partial charge in [-0.25, -0.2) is 4.39 Å². The van der Waals surface area contributed by atoms with Gasteiger partial charge in [-0.2, -0.15) is 0 Å². The lowest BCUT2D eigenvalue weighted by Gasteiger charge is -2.37. The van der Waals surface area contributed by atoms with Gasteiger partial charge in [0.25, 0.3) is 5.91 Å². The molecule has 0 aliphatic carbocycles. The maximum absolute atomic E-state index is 13.4. The number of aromatic nitrogens is 2. The monoisotopic (exact) mass is 381 g/mol. The zero-order valence-corrected chi connectivity index (χ0v) is 16.1. The molecule has 146 valence electrons. The van der Waals surface area contributed by atoms with E-state index < -0.39 is 0 Å². The van der Waals surface area contributed by atoms with Gasteiger partial charge in [-0.3, -0.25) is 9.78 Å². The SMILES string of the molecule is CC(C)Nc1cnccc1N1CCN(C(=O)c2cc3cc(F)ccc3[nH]2)CC1. The molecule has 2 aromatic heterocycles. The fourth-order valence-electron chi connectivity index (χ4n) is 3.62. The van der Waals surface area contributed by atoms with Crippen molar-refractivity contribution >= 4 is 28.2 Å². The zero-order valence-electron chi connectivity index (χ0n) is 16.1. The molecule has 3 heterocycles. The number of hydrogen-bond donors (Lipinski definition) is 2. The summed E-state index contributed by atoms with van der Waals surface area (Å²) in [7, 11) is 0. The molecule has 0 radical (unpaired) electrons. The van der Waals surface area contributed by atoms with E-state index in [4.69, 9.17) is 0 Å². The Kier molecular flexibility index (Phi) is 4.90. The van der Waals surface area contributed by atoms with Gasteiger partial charge in [-0.1, -0.05) is 0 Å². The molecule has 0 spiro atoms. The summed E-state index contributed by atoms with van der Waals surface area (Å²) < 4.78 is 13.4. The Morgan fingerprint density at radius 3 is 2.71 bits per heavy atom. The number of nitrogens with one attached hydrogen (secondary N) is 2. The average molecular weight is 381 g/mol. The van der Waals surface area contributed by atoms with Crippen molar-refractivity contribution in [3.8, 4) is 0 Å². The number of piperazine rings is 1. The molecule has 1 aromatic carbocycles. The molecule has 28 heavy (non-hydrogen) atoms. The Hall–Kier alpha value is -3.09. The third-order valence-electron chi connectivity index (χ3n) is 4.96. The Bertz CT molecular complexity index is 991. The smallest absolute Gasteiger partial charge is 0.270 e. The molecule has 1 fully saturated rings. The topological polar surface area (TPSA) is 64.3 Å². The van der Waals surface area contributed by atoms with Crippen LogP contribution in [0.4, 0.5) is 15.8 Å². The summed E-state index contributed by atoms with van der Waals surface area (Å²) in [6, 6.07) is 8.54. The van der Waals surface area contributed by atoms with Crippen molar-refractivity contribution in [2.24, 2.45) is 0 Å². The first-order chi connectivity index (χ1) is 13.5. The molecule has 0 atom stereocenters. The molecule has 2 N–H and O–H groups in total. The van der Waals surface area contributed by atoms with Crippen LogP contribution in [-0.4, -0.2) is 53.0 Å². The third-order valence-corrected chi connectivity index (χ3v) is 4.96. The second kappa shape index (κ2) is 7.50. The highest BCUT2D eigenvalue weighted by molar-refractivity contribution is 5.98. The molecule has 0 bridgehead atoms. The summed E-state index contributed by atoms with van der Waals surface area (Å²) in [6.45, 7) is 6.95. The van der Waals surface area contributed by atoms with Crippen molar-refractivity contribution in [2.45, 2.75) is 19.9 Å². The molecular formula is C21H24FN5O. The first kappa shape index (κ1) is 18.3. The van der Waals surface area contributed by atoms with E-state index in [1.165, 1.54) is 12.1 Å². The highest BCUT2D eigenvalue weighted by Crippen LogP contribution is 2.26. The number of hydrogen-bond acceptors (Lipinski definition) is 4. The number of fused-ring (bicyclic) bond motifs is 1. The Balaban J connectivity index is 1.46. The van der Waals surface area contributed by atoms with Crippen molar-refractivity contribution in [1.82, 2.24) is 14.9 Å². The van der Waals surface area contributed by atoms with E-state index >= 15 is 0 Å². The van der Waals surface area contributed by atoms with E-state index in [1.54, 1.807) is 18.3 Å². The van der Waals surface area contributed by atoms with Crippen LogP contribution in [0.2, 0.25) is 0 Å². The molecule has 4 rings (SSSR count). The number of carbonyl (C=O) groups excluding carboxylic acids is 1. The van der Waals surface area contributed by atoms with Crippen LogP contribution in [0.3, 0.4) is 0 Å². The number of rotatable bonds is 4. The molecule has 0 saturated carbocycles. The van der Waals surface area contributed by atoms with Crippen LogP contribution in [-0.2, 0) is 0 Å².